The fourth-order valence-electron chi connectivity index (χ4n) is 1.58. The van der Waals surface area contributed by atoms with Gasteiger partial charge in [-0.1, -0.05) is 12.5 Å². The van der Waals surface area contributed by atoms with Gasteiger partial charge in [-0.15, -0.1) is 6.58 Å². The van der Waals surface area contributed by atoms with Gasteiger partial charge in [-0.25, -0.2) is 0 Å². The summed E-state index contributed by atoms with van der Waals surface area (Å²) in [6, 6.07) is 0.462. The Hall–Kier alpha value is -0.830. The van der Waals surface area contributed by atoms with E-state index in [2.05, 4.69) is 18.8 Å². The highest BCUT2D eigenvalue weighted by molar-refractivity contribution is 5.73. The molecule has 1 unspecified atom stereocenters. The van der Waals surface area contributed by atoms with E-state index in [1.807, 2.05) is 6.08 Å². The molecule has 0 saturated heterocycles. The standard InChI is InChI=1S/C14H27NO2/c1-5-6-7-8-9-12(2)15-11-10-14(3,4)13(16)17/h5,12,15H,1,6-11H2,2-4H3,(H,16,17). The Bertz CT molecular complexity index is 236. The molecule has 17 heavy (non-hydrogen) atoms. The van der Waals surface area contributed by atoms with Crippen LogP contribution in [0.1, 0.15) is 52.9 Å². The van der Waals surface area contributed by atoms with Gasteiger partial charge in [0.15, 0.2) is 0 Å². The predicted octanol–water partition coefficient (Wildman–Crippen LogP) is 3.21. The maximum absolute atomic E-state index is 10.9. The Kier molecular flexibility index (Phi) is 7.88. The van der Waals surface area contributed by atoms with E-state index in [0.29, 0.717) is 12.5 Å². The molecule has 0 aromatic heterocycles. The van der Waals surface area contributed by atoms with Gasteiger partial charge < -0.3 is 10.4 Å². The zero-order chi connectivity index (χ0) is 13.3. The summed E-state index contributed by atoms with van der Waals surface area (Å²) in [5.74, 6) is -0.724. The summed E-state index contributed by atoms with van der Waals surface area (Å²) >= 11 is 0. The van der Waals surface area contributed by atoms with Crippen molar-refractivity contribution >= 4 is 5.97 Å². The summed E-state index contributed by atoms with van der Waals surface area (Å²) in [4.78, 5) is 10.9. The molecule has 0 amide bonds. The van der Waals surface area contributed by atoms with Crippen molar-refractivity contribution in [2.45, 2.75) is 58.9 Å². The molecule has 0 rings (SSSR count). The van der Waals surface area contributed by atoms with Gasteiger partial charge >= 0.3 is 5.97 Å². The zero-order valence-electron chi connectivity index (χ0n) is 11.5. The normalized spacial score (nSPS) is 13.4. The monoisotopic (exact) mass is 241 g/mol. The highest BCUT2D eigenvalue weighted by Gasteiger charge is 2.26. The molecule has 1 atom stereocenters. The van der Waals surface area contributed by atoms with Crippen molar-refractivity contribution in [1.82, 2.24) is 5.32 Å². The summed E-state index contributed by atoms with van der Waals surface area (Å²) in [5.41, 5.74) is -0.629. The third-order valence-electron chi connectivity index (χ3n) is 3.12. The molecule has 3 heteroatoms. The van der Waals surface area contributed by atoms with Gasteiger partial charge in [0.05, 0.1) is 5.41 Å². The fourth-order valence-corrected chi connectivity index (χ4v) is 1.58. The van der Waals surface area contributed by atoms with Crippen LogP contribution in [0.5, 0.6) is 0 Å². The Morgan fingerprint density at radius 1 is 1.47 bits per heavy atom. The lowest BCUT2D eigenvalue weighted by molar-refractivity contribution is -0.147. The minimum Gasteiger partial charge on any atom is -0.481 e. The van der Waals surface area contributed by atoms with Crippen molar-refractivity contribution in [2.24, 2.45) is 5.41 Å². The molecular formula is C14H27NO2. The minimum atomic E-state index is -0.724. The smallest absolute Gasteiger partial charge is 0.309 e. The molecule has 0 aliphatic carbocycles. The lowest BCUT2D eigenvalue weighted by atomic mass is 9.89. The molecular weight excluding hydrogens is 214 g/mol. The third kappa shape index (κ3) is 7.97. The molecule has 0 aliphatic heterocycles. The van der Waals surface area contributed by atoms with Crippen LogP contribution < -0.4 is 5.32 Å². The second-order valence-corrected chi connectivity index (χ2v) is 5.37. The average molecular weight is 241 g/mol. The van der Waals surface area contributed by atoms with Crippen LogP contribution in [0.3, 0.4) is 0 Å². The number of allylic oxidation sites excluding steroid dienone is 1. The van der Waals surface area contributed by atoms with Gasteiger partial charge in [-0.2, -0.15) is 0 Å². The van der Waals surface area contributed by atoms with E-state index in [1.54, 1.807) is 13.8 Å². The van der Waals surface area contributed by atoms with Crippen LogP contribution in [0.2, 0.25) is 0 Å². The summed E-state index contributed by atoms with van der Waals surface area (Å²) in [5, 5.41) is 12.4. The minimum absolute atomic E-state index is 0.462. The molecule has 0 bridgehead atoms. The van der Waals surface area contributed by atoms with Crippen molar-refractivity contribution in [2.75, 3.05) is 6.54 Å². The first kappa shape index (κ1) is 16.2. The maximum Gasteiger partial charge on any atom is 0.309 e. The molecule has 0 saturated carbocycles. The Labute approximate surface area is 105 Å². The van der Waals surface area contributed by atoms with E-state index in [1.165, 1.54) is 12.8 Å². The number of rotatable bonds is 10. The predicted molar refractivity (Wildman–Crippen MR) is 72.2 cm³/mol. The summed E-state index contributed by atoms with van der Waals surface area (Å²) in [6.07, 6.45) is 7.23. The van der Waals surface area contributed by atoms with E-state index in [4.69, 9.17) is 5.11 Å². The molecule has 100 valence electrons. The number of aliphatic carboxylic acids is 1. The van der Waals surface area contributed by atoms with Gasteiger partial charge in [-0.05, 0) is 53.0 Å². The third-order valence-corrected chi connectivity index (χ3v) is 3.12. The number of nitrogens with one attached hydrogen (secondary N) is 1. The van der Waals surface area contributed by atoms with Gasteiger partial charge in [-0.3, -0.25) is 4.79 Å². The molecule has 0 heterocycles. The van der Waals surface area contributed by atoms with E-state index in [0.717, 1.165) is 19.4 Å². The van der Waals surface area contributed by atoms with Crippen molar-refractivity contribution in [1.29, 1.82) is 0 Å². The summed E-state index contributed by atoms with van der Waals surface area (Å²) in [7, 11) is 0. The Morgan fingerprint density at radius 2 is 2.12 bits per heavy atom. The molecule has 2 N–H and O–H groups in total. The fraction of sp³-hybridized carbons (Fsp3) is 0.786. The van der Waals surface area contributed by atoms with Crippen molar-refractivity contribution in [3.05, 3.63) is 12.7 Å². The quantitative estimate of drug-likeness (QED) is 0.456. The van der Waals surface area contributed by atoms with E-state index in [9.17, 15) is 4.79 Å². The number of hydrogen-bond donors (Lipinski definition) is 2. The highest BCUT2D eigenvalue weighted by atomic mass is 16.4. The lowest BCUT2D eigenvalue weighted by Crippen LogP contribution is -2.33. The molecule has 0 spiro atoms. The van der Waals surface area contributed by atoms with Gasteiger partial charge in [0.1, 0.15) is 0 Å². The van der Waals surface area contributed by atoms with E-state index < -0.39 is 11.4 Å². The number of carbonyl (C=O) groups is 1. The number of hydrogen-bond acceptors (Lipinski definition) is 2. The van der Waals surface area contributed by atoms with Crippen LogP contribution in [0, 0.1) is 5.41 Å². The van der Waals surface area contributed by atoms with E-state index >= 15 is 0 Å². The van der Waals surface area contributed by atoms with Crippen molar-refractivity contribution in [3.63, 3.8) is 0 Å². The van der Waals surface area contributed by atoms with Crippen LogP contribution in [0.4, 0.5) is 0 Å². The SMILES string of the molecule is C=CCCCCC(C)NCCC(C)(C)C(=O)O. The average Bonchev–Trinajstić information content (AvgIpc) is 2.24. The van der Waals surface area contributed by atoms with Gasteiger partial charge in [0, 0.05) is 6.04 Å². The van der Waals surface area contributed by atoms with Crippen LogP contribution in [0.15, 0.2) is 12.7 Å². The first-order chi connectivity index (χ1) is 7.90. The second kappa shape index (κ2) is 8.29. The lowest BCUT2D eigenvalue weighted by Gasteiger charge is -2.21. The van der Waals surface area contributed by atoms with Gasteiger partial charge in [0.25, 0.3) is 0 Å². The van der Waals surface area contributed by atoms with Crippen molar-refractivity contribution in [3.8, 4) is 0 Å². The topological polar surface area (TPSA) is 49.3 Å². The molecule has 0 fully saturated rings. The molecule has 0 radical (unpaired) electrons. The number of carboxylic acid groups (broad SMARTS) is 1. The first-order valence-corrected chi connectivity index (χ1v) is 6.48. The summed E-state index contributed by atoms with van der Waals surface area (Å²) < 4.78 is 0. The maximum atomic E-state index is 10.9. The highest BCUT2D eigenvalue weighted by Crippen LogP contribution is 2.19. The molecule has 3 nitrogen and oxygen atoms in total. The Balaban J connectivity index is 3.60. The van der Waals surface area contributed by atoms with Crippen LogP contribution >= 0.6 is 0 Å². The van der Waals surface area contributed by atoms with Crippen molar-refractivity contribution < 1.29 is 9.90 Å². The summed E-state index contributed by atoms with van der Waals surface area (Å²) in [6.45, 7) is 10.2. The molecule has 0 aromatic rings. The molecule has 0 aliphatic rings. The molecule has 0 aromatic carbocycles. The van der Waals surface area contributed by atoms with Crippen LogP contribution in [-0.2, 0) is 4.79 Å². The second-order valence-electron chi connectivity index (χ2n) is 5.37. The zero-order valence-corrected chi connectivity index (χ0v) is 11.5. The Morgan fingerprint density at radius 3 is 2.65 bits per heavy atom. The first-order valence-electron chi connectivity index (χ1n) is 6.48. The number of unbranched alkanes of at least 4 members (excludes halogenated alkanes) is 2. The van der Waals surface area contributed by atoms with E-state index in [-0.39, 0.29) is 0 Å². The largest absolute Gasteiger partial charge is 0.481 e. The van der Waals surface area contributed by atoms with Crippen LogP contribution in [-0.4, -0.2) is 23.7 Å². The van der Waals surface area contributed by atoms with Gasteiger partial charge in [0.2, 0.25) is 0 Å². The van der Waals surface area contributed by atoms with Crippen LogP contribution in [0.25, 0.3) is 0 Å². The number of carboxylic acids is 1.